The highest BCUT2D eigenvalue weighted by Gasteiger charge is 2.29. The van der Waals surface area contributed by atoms with Crippen LogP contribution in [0.3, 0.4) is 0 Å². The van der Waals surface area contributed by atoms with E-state index in [9.17, 15) is 9.59 Å². The van der Waals surface area contributed by atoms with Crippen molar-refractivity contribution in [3.05, 3.63) is 12.2 Å². The summed E-state index contributed by atoms with van der Waals surface area (Å²) in [6.45, 7) is 9.45. The van der Waals surface area contributed by atoms with Crippen LogP contribution in [0.1, 0.15) is 46.5 Å². The summed E-state index contributed by atoms with van der Waals surface area (Å²) < 4.78 is 5.23. The van der Waals surface area contributed by atoms with E-state index < -0.39 is 11.7 Å². The number of hydrogen-bond acceptors (Lipinski definition) is 3. The standard InChI is InChI=1S/C14H23NO3/c1-10-5-6-12(11(9-10)7-8-16)15-13(17)18-14(2,3)4/h8,11-12H,1,5-7,9H2,2-4H3,(H,15,17)/t11-,12?/m0/s1. The van der Waals surface area contributed by atoms with Crippen LogP contribution in [0.15, 0.2) is 12.2 Å². The van der Waals surface area contributed by atoms with Gasteiger partial charge in [-0.3, -0.25) is 0 Å². The zero-order valence-electron chi connectivity index (χ0n) is 11.5. The van der Waals surface area contributed by atoms with Crippen LogP contribution in [0.4, 0.5) is 4.79 Å². The molecule has 0 bridgehead atoms. The van der Waals surface area contributed by atoms with Gasteiger partial charge in [0.25, 0.3) is 0 Å². The van der Waals surface area contributed by atoms with E-state index in [0.717, 1.165) is 31.1 Å². The second-order valence-corrected chi connectivity index (χ2v) is 5.91. The Hall–Kier alpha value is -1.32. The molecule has 0 aliphatic heterocycles. The Balaban J connectivity index is 2.55. The van der Waals surface area contributed by atoms with Crippen molar-refractivity contribution in [3.63, 3.8) is 0 Å². The zero-order chi connectivity index (χ0) is 13.8. The van der Waals surface area contributed by atoms with Crippen molar-refractivity contribution in [1.29, 1.82) is 0 Å². The summed E-state index contributed by atoms with van der Waals surface area (Å²) >= 11 is 0. The summed E-state index contributed by atoms with van der Waals surface area (Å²) in [5.74, 6) is 0.149. The quantitative estimate of drug-likeness (QED) is 0.621. The van der Waals surface area contributed by atoms with Crippen molar-refractivity contribution in [2.24, 2.45) is 5.92 Å². The Morgan fingerprint density at radius 3 is 2.78 bits per heavy atom. The van der Waals surface area contributed by atoms with E-state index in [-0.39, 0.29) is 12.0 Å². The fourth-order valence-electron chi connectivity index (χ4n) is 2.23. The Labute approximate surface area is 109 Å². The van der Waals surface area contributed by atoms with E-state index in [4.69, 9.17) is 4.74 Å². The topological polar surface area (TPSA) is 55.4 Å². The summed E-state index contributed by atoms with van der Waals surface area (Å²) in [6, 6.07) is 0.00977. The first-order valence-electron chi connectivity index (χ1n) is 6.41. The Bertz CT molecular complexity index is 330. The molecule has 1 aliphatic rings. The predicted octanol–water partition coefficient (Wildman–Crippen LogP) is 2.83. The average molecular weight is 253 g/mol. The highest BCUT2D eigenvalue weighted by Crippen LogP contribution is 2.29. The first kappa shape index (κ1) is 14.7. The molecule has 4 nitrogen and oxygen atoms in total. The molecule has 0 heterocycles. The molecular weight excluding hydrogens is 230 g/mol. The summed E-state index contributed by atoms with van der Waals surface area (Å²) in [5, 5.41) is 2.87. The number of alkyl carbamates (subject to hydrolysis) is 1. The number of ether oxygens (including phenoxy) is 1. The Morgan fingerprint density at radius 2 is 2.22 bits per heavy atom. The molecule has 1 aliphatic carbocycles. The molecule has 102 valence electrons. The summed E-state index contributed by atoms with van der Waals surface area (Å²) in [7, 11) is 0. The van der Waals surface area contributed by atoms with Crippen molar-refractivity contribution in [1.82, 2.24) is 5.32 Å². The van der Waals surface area contributed by atoms with Crippen LogP contribution in [0.2, 0.25) is 0 Å². The molecule has 0 spiro atoms. The molecule has 1 unspecified atom stereocenters. The minimum absolute atomic E-state index is 0.00977. The summed E-state index contributed by atoms with van der Waals surface area (Å²) in [4.78, 5) is 22.4. The molecule has 0 aromatic rings. The average Bonchev–Trinajstić information content (AvgIpc) is 2.20. The fourth-order valence-corrected chi connectivity index (χ4v) is 2.23. The molecular formula is C14H23NO3. The van der Waals surface area contributed by atoms with Gasteiger partial charge < -0.3 is 14.8 Å². The maximum absolute atomic E-state index is 11.7. The van der Waals surface area contributed by atoms with Crippen molar-refractivity contribution in [3.8, 4) is 0 Å². The maximum Gasteiger partial charge on any atom is 0.407 e. The van der Waals surface area contributed by atoms with Crippen molar-refractivity contribution in [2.45, 2.75) is 58.1 Å². The van der Waals surface area contributed by atoms with E-state index in [1.165, 1.54) is 0 Å². The molecule has 0 aromatic carbocycles. The third-order valence-corrected chi connectivity index (χ3v) is 3.03. The largest absolute Gasteiger partial charge is 0.444 e. The lowest BCUT2D eigenvalue weighted by Crippen LogP contribution is -2.44. The number of carbonyl (C=O) groups excluding carboxylic acids is 2. The fraction of sp³-hybridized carbons (Fsp3) is 0.714. The van der Waals surface area contributed by atoms with Gasteiger partial charge in [0.15, 0.2) is 0 Å². The van der Waals surface area contributed by atoms with Crippen LogP contribution in [0.5, 0.6) is 0 Å². The summed E-state index contributed by atoms with van der Waals surface area (Å²) in [6.07, 6.45) is 3.49. The molecule has 1 fully saturated rings. The van der Waals surface area contributed by atoms with Gasteiger partial charge in [-0.15, -0.1) is 0 Å². The number of hydrogen-bond donors (Lipinski definition) is 1. The number of nitrogens with one attached hydrogen (secondary N) is 1. The zero-order valence-corrected chi connectivity index (χ0v) is 11.5. The van der Waals surface area contributed by atoms with Crippen LogP contribution in [0, 0.1) is 5.92 Å². The number of rotatable bonds is 3. The molecule has 0 saturated heterocycles. The lowest BCUT2D eigenvalue weighted by molar-refractivity contribution is -0.108. The van der Waals surface area contributed by atoms with Crippen LogP contribution in [-0.2, 0) is 9.53 Å². The van der Waals surface area contributed by atoms with Crippen LogP contribution >= 0.6 is 0 Å². The van der Waals surface area contributed by atoms with E-state index in [0.29, 0.717) is 6.42 Å². The normalized spacial score (nSPS) is 24.5. The van der Waals surface area contributed by atoms with Gasteiger partial charge in [-0.2, -0.15) is 0 Å². The van der Waals surface area contributed by atoms with E-state index in [1.807, 2.05) is 20.8 Å². The number of allylic oxidation sites excluding steroid dienone is 1. The molecule has 18 heavy (non-hydrogen) atoms. The minimum atomic E-state index is -0.498. The lowest BCUT2D eigenvalue weighted by atomic mass is 9.80. The SMILES string of the molecule is C=C1CCC(NC(=O)OC(C)(C)C)[C@@H](CC=O)C1. The maximum atomic E-state index is 11.7. The molecule has 4 heteroatoms. The third kappa shape index (κ3) is 4.90. The Morgan fingerprint density at radius 1 is 1.56 bits per heavy atom. The first-order chi connectivity index (χ1) is 8.31. The van der Waals surface area contributed by atoms with Crippen molar-refractivity contribution < 1.29 is 14.3 Å². The molecule has 1 amide bonds. The van der Waals surface area contributed by atoms with Crippen LogP contribution in [-0.4, -0.2) is 24.0 Å². The van der Waals surface area contributed by atoms with Gasteiger partial charge in [0.2, 0.25) is 0 Å². The summed E-state index contributed by atoms with van der Waals surface area (Å²) in [5.41, 5.74) is 0.659. The van der Waals surface area contributed by atoms with Gasteiger partial charge in [-0.05, 0) is 46.0 Å². The molecule has 1 rings (SSSR count). The van der Waals surface area contributed by atoms with Gasteiger partial charge in [-0.1, -0.05) is 12.2 Å². The predicted molar refractivity (Wildman–Crippen MR) is 70.3 cm³/mol. The van der Waals surface area contributed by atoms with Gasteiger partial charge in [-0.25, -0.2) is 4.79 Å². The number of amides is 1. The van der Waals surface area contributed by atoms with E-state index in [1.54, 1.807) is 0 Å². The molecule has 0 radical (unpaired) electrons. The van der Waals surface area contributed by atoms with Gasteiger partial charge >= 0.3 is 6.09 Å². The highest BCUT2D eigenvalue weighted by molar-refractivity contribution is 5.68. The van der Waals surface area contributed by atoms with Crippen LogP contribution in [0.25, 0.3) is 0 Å². The molecule has 2 atom stereocenters. The second-order valence-electron chi connectivity index (χ2n) is 5.91. The molecule has 0 aromatic heterocycles. The number of aldehydes is 1. The van der Waals surface area contributed by atoms with Gasteiger partial charge in [0, 0.05) is 12.5 Å². The third-order valence-electron chi connectivity index (χ3n) is 3.03. The molecule has 1 N–H and O–H groups in total. The van der Waals surface area contributed by atoms with Gasteiger partial charge in [0.1, 0.15) is 11.9 Å². The second kappa shape index (κ2) is 6.03. The van der Waals surface area contributed by atoms with E-state index >= 15 is 0 Å². The molecule has 1 saturated carbocycles. The monoisotopic (exact) mass is 253 g/mol. The minimum Gasteiger partial charge on any atom is -0.444 e. The van der Waals surface area contributed by atoms with Crippen LogP contribution < -0.4 is 5.32 Å². The number of carbonyl (C=O) groups is 2. The van der Waals surface area contributed by atoms with E-state index in [2.05, 4.69) is 11.9 Å². The highest BCUT2D eigenvalue weighted by atomic mass is 16.6. The van der Waals surface area contributed by atoms with Crippen molar-refractivity contribution in [2.75, 3.05) is 0 Å². The lowest BCUT2D eigenvalue weighted by Gasteiger charge is -2.33. The van der Waals surface area contributed by atoms with Crippen molar-refractivity contribution >= 4 is 12.4 Å². The first-order valence-corrected chi connectivity index (χ1v) is 6.41. The smallest absolute Gasteiger partial charge is 0.407 e. The Kier molecular flexibility index (Phi) is 4.93. The van der Waals surface area contributed by atoms with Gasteiger partial charge in [0.05, 0.1) is 0 Å².